The molecule has 3 nitrogen and oxygen atoms in total. The van der Waals surface area contributed by atoms with Gasteiger partial charge in [0.05, 0.1) is 6.04 Å². The Morgan fingerprint density at radius 1 is 0.545 bits per heavy atom. The van der Waals surface area contributed by atoms with E-state index >= 15 is 0 Å². The van der Waals surface area contributed by atoms with Gasteiger partial charge in [-0.25, -0.2) is 0 Å². The Labute approximate surface area is 139 Å². The highest BCUT2D eigenvalue weighted by molar-refractivity contribution is 4.60. The maximum atomic E-state index is 9.12. The zero-order chi connectivity index (χ0) is 16.5. The highest BCUT2D eigenvalue weighted by atomic mass is 16.8. The number of unbranched alkanes of at least 4 members (excludes halogenated alkanes) is 12. The van der Waals surface area contributed by atoms with Gasteiger partial charge >= 0.3 is 0 Å². The standard InChI is InChI=1S/C19H41NO2/c1-3-5-6-7-8-9-10-11-12-13-14-15-16-18-19(17-4-2)20(21)22/h19,21-22H,3-18H2,1-2H3. The Morgan fingerprint density at radius 2 is 0.955 bits per heavy atom. The van der Waals surface area contributed by atoms with Gasteiger partial charge in [-0.15, -0.1) is 0 Å². The van der Waals surface area contributed by atoms with E-state index in [0.717, 1.165) is 25.7 Å². The molecule has 134 valence electrons. The summed E-state index contributed by atoms with van der Waals surface area (Å²) < 4.78 is 0. The van der Waals surface area contributed by atoms with E-state index in [0.29, 0.717) is 5.23 Å². The van der Waals surface area contributed by atoms with Crippen LogP contribution in [0, 0.1) is 0 Å². The largest absolute Gasteiger partial charge is 0.289 e. The van der Waals surface area contributed by atoms with E-state index in [-0.39, 0.29) is 6.04 Å². The SMILES string of the molecule is CCCCCCCCCCCCCCCC(CCC)N(O)O. The molecule has 0 aliphatic carbocycles. The Morgan fingerprint density at radius 3 is 1.32 bits per heavy atom. The van der Waals surface area contributed by atoms with Gasteiger partial charge in [0.25, 0.3) is 0 Å². The molecule has 22 heavy (non-hydrogen) atoms. The highest BCUT2D eigenvalue weighted by Crippen LogP contribution is 2.15. The van der Waals surface area contributed by atoms with Crippen molar-refractivity contribution < 1.29 is 10.4 Å². The van der Waals surface area contributed by atoms with Crippen LogP contribution in [0.15, 0.2) is 0 Å². The van der Waals surface area contributed by atoms with E-state index in [1.54, 1.807) is 0 Å². The highest BCUT2D eigenvalue weighted by Gasteiger charge is 2.12. The summed E-state index contributed by atoms with van der Waals surface area (Å²) in [7, 11) is 0. The molecule has 0 saturated heterocycles. The van der Waals surface area contributed by atoms with Crippen molar-refractivity contribution in [2.75, 3.05) is 0 Å². The molecule has 0 bridgehead atoms. The van der Waals surface area contributed by atoms with Gasteiger partial charge in [0.15, 0.2) is 0 Å². The first-order chi connectivity index (χ1) is 10.7. The van der Waals surface area contributed by atoms with Crippen LogP contribution in [0.25, 0.3) is 0 Å². The molecule has 0 aromatic heterocycles. The fourth-order valence-corrected chi connectivity index (χ4v) is 3.11. The molecule has 0 amide bonds. The van der Waals surface area contributed by atoms with Crippen LogP contribution in [-0.2, 0) is 0 Å². The maximum Gasteiger partial charge on any atom is 0.0623 e. The molecule has 0 fully saturated rings. The molecule has 1 unspecified atom stereocenters. The van der Waals surface area contributed by atoms with Crippen LogP contribution in [0.1, 0.15) is 117 Å². The first kappa shape index (κ1) is 21.9. The van der Waals surface area contributed by atoms with Gasteiger partial charge in [-0.05, 0) is 12.8 Å². The second-order valence-corrected chi connectivity index (χ2v) is 6.79. The van der Waals surface area contributed by atoms with Crippen molar-refractivity contribution in [1.29, 1.82) is 0 Å². The quantitative estimate of drug-likeness (QED) is 0.231. The van der Waals surface area contributed by atoms with Crippen LogP contribution in [0.5, 0.6) is 0 Å². The Balaban J connectivity index is 3.19. The molecule has 0 heterocycles. The van der Waals surface area contributed by atoms with Crippen molar-refractivity contribution >= 4 is 0 Å². The second-order valence-electron chi connectivity index (χ2n) is 6.79. The van der Waals surface area contributed by atoms with Crippen molar-refractivity contribution in [2.45, 2.75) is 123 Å². The predicted molar refractivity (Wildman–Crippen MR) is 94.4 cm³/mol. The van der Waals surface area contributed by atoms with Gasteiger partial charge in [-0.3, -0.25) is 10.4 Å². The number of rotatable bonds is 17. The van der Waals surface area contributed by atoms with Crippen LogP contribution in [-0.4, -0.2) is 21.7 Å². The van der Waals surface area contributed by atoms with Gasteiger partial charge in [0.1, 0.15) is 0 Å². The van der Waals surface area contributed by atoms with Gasteiger partial charge in [-0.2, -0.15) is 0 Å². The monoisotopic (exact) mass is 315 g/mol. The molecule has 0 aromatic rings. The summed E-state index contributed by atoms with van der Waals surface area (Å²) in [6.45, 7) is 4.36. The molecule has 0 aliphatic heterocycles. The zero-order valence-corrected chi connectivity index (χ0v) is 15.2. The Kier molecular flexibility index (Phi) is 17.1. The molecule has 0 saturated carbocycles. The van der Waals surface area contributed by atoms with Gasteiger partial charge in [0, 0.05) is 0 Å². The van der Waals surface area contributed by atoms with E-state index in [2.05, 4.69) is 13.8 Å². The molecular weight excluding hydrogens is 274 g/mol. The molecule has 0 radical (unpaired) electrons. The summed E-state index contributed by atoms with van der Waals surface area (Å²) in [5, 5.41) is 18.7. The number of hydrogen-bond donors (Lipinski definition) is 2. The lowest BCUT2D eigenvalue weighted by molar-refractivity contribution is -0.333. The minimum absolute atomic E-state index is 0.0716. The summed E-state index contributed by atoms with van der Waals surface area (Å²) in [4.78, 5) is 0. The lowest BCUT2D eigenvalue weighted by Crippen LogP contribution is -2.28. The second kappa shape index (κ2) is 17.2. The maximum absolute atomic E-state index is 9.12. The van der Waals surface area contributed by atoms with Crippen molar-refractivity contribution in [3.05, 3.63) is 0 Å². The molecule has 0 rings (SSSR count). The van der Waals surface area contributed by atoms with Crippen LogP contribution in [0.3, 0.4) is 0 Å². The number of hydroxylamine groups is 2. The summed E-state index contributed by atoms with van der Waals surface area (Å²) in [6.07, 6.45) is 20.4. The molecule has 0 aromatic carbocycles. The molecule has 2 N–H and O–H groups in total. The van der Waals surface area contributed by atoms with Gasteiger partial charge < -0.3 is 0 Å². The number of nitrogens with zero attached hydrogens (tertiary/aromatic N) is 1. The molecule has 1 atom stereocenters. The minimum atomic E-state index is -0.0716. The minimum Gasteiger partial charge on any atom is -0.289 e. The predicted octanol–water partition coefficient (Wildman–Crippen LogP) is 6.72. The van der Waals surface area contributed by atoms with E-state index < -0.39 is 0 Å². The van der Waals surface area contributed by atoms with Gasteiger partial charge in [-0.1, -0.05) is 109 Å². The summed E-state index contributed by atoms with van der Waals surface area (Å²) in [6, 6.07) is -0.0716. The molecule has 3 heteroatoms. The van der Waals surface area contributed by atoms with Crippen molar-refractivity contribution in [3.8, 4) is 0 Å². The lowest BCUT2D eigenvalue weighted by atomic mass is 10.0. The molecule has 0 spiro atoms. The van der Waals surface area contributed by atoms with E-state index in [9.17, 15) is 0 Å². The van der Waals surface area contributed by atoms with E-state index in [1.807, 2.05) is 0 Å². The fraction of sp³-hybridized carbons (Fsp3) is 1.00. The first-order valence-electron chi connectivity index (χ1n) is 9.89. The van der Waals surface area contributed by atoms with E-state index in [4.69, 9.17) is 10.4 Å². The lowest BCUT2D eigenvalue weighted by Gasteiger charge is -2.19. The van der Waals surface area contributed by atoms with Crippen LogP contribution in [0.4, 0.5) is 0 Å². The molecular formula is C19H41NO2. The Bertz CT molecular complexity index is 210. The van der Waals surface area contributed by atoms with Crippen molar-refractivity contribution in [2.24, 2.45) is 0 Å². The van der Waals surface area contributed by atoms with Crippen LogP contribution in [0.2, 0.25) is 0 Å². The average Bonchev–Trinajstić information content (AvgIpc) is 2.50. The fourth-order valence-electron chi connectivity index (χ4n) is 3.11. The summed E-state index contributed by atoms with van der Waals surface area (Å²) in [5.74, 6) is 0. The third kappa shape index (κ3) is 14.8. The zero-order valence-electron chi connectivity index (χ0n) is 15.2. The van der Waals surface area contributed by atoms with Crippen molar-refractivity contribution in [1.82, 2.24) is 5.23 Å². The third-order valence-corrected chi connectivity index (χ3v) is 4.59. The normalized spacial score (nSPS) is 13.0. The smallest absolute Gasteiger partial charge is 0.0623 e. The van der Waals surface area contributed by atoms with E-state index in [1.165, 1.54) is 77.0 Å². The van der Waals surface area contributed by atoms with Crippen molar-refractivity contribution in [3.63, 3.8) is 0 Å². The summed E-state index contributed by atoms with van der Waals surface area (Å²) in [5.41, 5.74) is 0. The molecule has 0 aliphatic rings. The number of hydrogen-bond acceptors (Lipinski definition) is 3. The van der Waals surface area contributed by atoms with Gasteiger partial charge in [0.2, 0.25) is 0 Å². The Hall–Kier alpha value is -0.120. The van der Waals surface area contributed by atoms with Crippen LogP contribution < -0.4 is 0 Å². The average molecular weight is 316 g/mol. The summed E-state index contributed by atoms with van der Waals surface area (Å²) >= 11 is 0. The first-order valence-corrected chi connectivity index (χ1v) is 9.89. The third-order valence-electron chi connectivity index (χ3n) is 4.59. The topological polar surface area (TPSA) is 43.7 Å². The van der Waals surface area contributed by atoms with Crippen LogP contribution >= 0.6 is 0 Å².